The molecule has 0 atom stereocenters. The van der Waals surface area contributed by atoms with Gasteiger partial charge in [-0.15, -0.1) is 0 Å². The van der Waals surface area contributed by atoms with Crippen molar-refractivity contribution in [2.24, 2.45) is 0 Å². The zero-order valence-corrected chi connectivity index (χ0v) is 9.58. The van der Waals surface area contributed by atoms with Crippen molar-refractivity contribution in [3.05, 3.63) is 52.9 Å². The summed E-state index contributed by atoms with van der Waals surface area (Å²) in [6.07, 6.45) is 2.55. The molecule has 2 aromatic rings. The Labute approximate surface area is 106 Å². The van der Waals surface area contributed by atoms with Gasteiger partial charge in [-0.3, -0.25) is 9.78 Å². The number of nitrogens with zero attached hydrogens (tertiary/aromatic N) is 2. The molecule has 18 heavy (non-hydrogen) atoms. The van der Waals surface area contributed by atoms with E-state index in [1.54, 1.807) is 0 Å². The first-order chi connectivity index (χ1) is 8.54. The van der Waals surface area contributed by atoms with Crippen molar-refractivity contribution in [3.8, 4) is 0 Å². The van der Waals surface area contributed by atoms with Gasteiger partial charge < -0.3 is 5.32 Å². The second kappa shape index (κ2) is 5.05. The molecule has 0 spiro atoms. The molecule has 4 nitrogen and oxygen atoms in total. The molecule has 1 heterocycles. The maximum absolute atomic E-state index is 12.9. The first-order valence-corrected chi connectivity index (χ1v) is 5.17. The molecule has 0 unspecified atom stereocenters. The van der Waals surface area contributed by atoms with E-state index in [2.05, 4.69) is 15.3 Å². The zero-order chi connectivity index (χ0) is 13.1. The van der Waals surface area contributed by atoms with Gasteiger partial charge in [0.25, 0.3) is 5.91 Å². The highest BCUT2D eigenvalue weighted by Gasteiger charge is 2.10. The number of carbonyl (C=O) groups excluding carboxylic acids is 1. The molecule has 0 radical (unpaired) electrons. The highest BCUT2D eigenvalue weighted by Crippen LogP contribution is 2.11. The number of rotatable bonds is 2. The minimum Gasteiger partial charge on any atom is -0.305 e. The van der Waals surface area contributed by atoms with Crippen molar-refractivity contribution in [3.63, 3.8) is 0 Å². The summed E-state index contributed by atoms with van der Waals surface area (Å²) in [7, 11) is 0. The highest BCUT2D eigenvalue weighted by atomic mass is 35.5. The molecule has 1 amide bonds. The lowest BCUT2D eigenvalue weighted by Gasteiger charge is -2.04. The minimum atomic E-state index is -0.836. The van der Waals surface area contributed by atoms with Gasteiger partial charge in [0.1, 0.15) is 16.8 Å². The summed E-state index contributed by atoms with van der Waals surface area (Å²) >= 11 is 5.58. The lowest BCUT2D eigenvalue weighted by Crippen LogP contribution is -2.13. The van der Waals surface area contributed by atoms with Gasteiger partial charge >= 0.3 is 0 Å². The monoisotopic (exact) mass is 269 g/mol. The van der Waals surface area contributed by atoms with Crippen LogP contribution in [-0.2, 0) is 0 Å². The molecule has 7 heteroatoms. The summed E-state index contributed by atoms with van der Waals surface area (Å²) in [5.74, 6) is -2.28. The number of benzene rings is 1. The lowest BCUT2D eigenvalue weighted by atomic mass is 10.2. The Morgan fingerprint density at radius 2 is 1.83 bits per heavy atom. The average Bonchev–Trinajstić information content (AvgIpc) is 2.27. The van der Waals surface area contributed by atoms with Crippen LogP contribution in [0.2, 0.25) is 5.15 Å². The van der Waals surface area contributed by atoms with E-state index >= 15 is 0 Å². The Morgan fingerprint density at radius 3 is 2.44 bits per heavy atom. The normalized spacial score (nSPS) is 10.2. The van der Waals surface area contributed by atoms with Crippen LogP contribution in [-0.4, -0.2) is 15.9 Å². The first kappa shape index (κ1) is 12.4. The van der Waals surface area contributed by atoms with Gasteiger partial charge in [-0.2, -0.15) is 0 Å². The Kier molecular flexibility index (Phi) is 3.47. The van der Waals surface area contributed by atoms with E-state index in [4.69, 9.17) is 11.6 Å². The maximum Gasteiger partial charge on any atom is 0.257 e. The fourth-order valence-corrected chi connectivity index (χ4v) is 1.42. The van der Waals surface area contributed by atoms with Crippen molar-refractivity contribution in [1.82, 2.24) is 9.97 Å². The minimum absolute atomic E-state index is 0.0946. The van der Waals surface area contributed by atoms with Gasteiger partial charge in [-0.05, 0) is 12.1 Å². The van der Waals surface area contributed by atoms with Crippen LogP contribution < -0.4 is 5.32 Å². The summed E-state index contributed by atoms with van der Waals surface area (Å²) in [6.45, 7) is 0. The SMILES string of the molecule is O=C(Nc1cncc(Cl)n1)c1cc(F)cc(F)c1. The van der Waals surface area contributed by atoms with Gasteiger partial charge in [-0.25, -0.2) is 13.8 Å². The quantitative estimate of drug-likeness (QED) is 0.912. The number of anilines is 1. The van der Waals surface area contributed by atoms with Crippen molar-refractivity contribution in [1.29, 1.82) is 0 Å². The third-order valence-corrected chi connectivity index (χ3v) is 2.15. The first-order valence-electron chi connectivity index (χ1n) is 4.79. The van der Waals surface area contributed by atoms with E-state index in [1.165, 1.54) is 12.4 Å². The van der Waals surface area contributed by atoms with Gasteiger partial charge in [0.05, 0.1) is 12.4 Å². The molecule has 0 saturated carbocycles. The second-order valence-electron chi connectivity index (χ2n) is 3.34. The lowest BCUT2D eigenvalue weighted by molar-refractivity contribution is 0.102. The molecule has 0 aliphatic rings. The highest BCUT2D eigenvalue weighted by molar-refractivity contribution is 6.29. The molecule has 0 fully saturated rings. The van der Waals surface area contributed by atoms with E-state index in [0.717, 1.165) is 12.1 Å². The standard InChI is InChI=1S/C11H6ClF2N3O/c12-9-4-15-5-10(16-9)17-11(18)6-1-7(13)3-8(14)2-6/h1-5H,(H,16,17,18). The molecule has 0 bridgehead atoms. The molecular formula is C11H6ClF2N3O. The van der Waals surface area contributed by atoms with Crippen LogP contribution >= 0.6 is 11.6 Å². The van der Waals surface area contributed by atoms with E-state index in [9.17, 15) is 13.6 Å². The predicted octanol–water partition coefficient (Wildman–Crippen LogP) is 2.66. The summed E-state index contributed by atoms with van der Waals surface area (Å²) in [5, 5.41) is 2.42. The Balaban J connectivity index is 2.22. The van der Waals surface area contributed by atoms with Gasteiger partial charge in [-0.1, -0.05) is 11.6 Å². The Hall–Kier alpha value is -2.08. The molecule has 0 aliphatic carbocycles. The molecule has 1 aromatic heterocycles. The van der Waals surface area contributed by atoms with E-state index in [-0.39, 0.29) is 16.5 Å². The van der Waals surface area contributed by atoms with Gasteiger partial charge in [0, 0.05) is 11.6 Å². The van der Waals surface area contributed by atoms with Crippen LogP contribution in [0.3, 0.4) is 0 Å². The van der Waals surface area contributed by atoms with Crippen LogP contribution in [0, 0.1) is 11.6 Å². The summed E-state index contributed by atoms with van der Waals surface area (Å²) in [6, 6.07) is 2.50. The van der Waals surface area contributed by atoms with E-state index < -0.39 is 17.5 Å². The Bertz CT molecular complexity index is 586. The Morgan fingerprint density at radius 1 is 1.17 bits per heavy atom. The number of halogens is 3. The molecule has 1 N–H and O–H groups in total. The van der Waals surface area contributed by atoms with Crippen LogP contribution in [0.15, 0.2) is 30.6 Å². The predicted molar refractivity (Wildman–Crippen MR) is 61.4 cm³/mol. The maximum atomic E-state index is 12.9. The van der Waals surface area contributed by atoms with Crippen molar-refractivity contribution >= 4 is 23.3 Å². The molecule has 0 aliphatic heterocycles. The molecule has 0 saturated heterocycles. The number of hydrogen-bond donors (Lipinski definition) is 1. The van der Waals surface area contributed by atoms with Crippen LogP contribution in [0.25, 0.3) is 0 Å². The summed E-state index contributed by atoms with van der Waals surface area (Å²) in [5.41, 5.74) is -0.158. The van der Waals surface area contributed by atoms with Crippen molar-refractivity contribution < 1.29 is 13.6 Å². The topological polar surface area (TPSA) is 54.9 Å². The molecular weight excluding hydrogens is 264 g/mol. The summed E-state index contributed by atoms with van der Waals surface area (Å²) < 4.78 is 25.8. The summed E-state index contributed by atoms with van der Waals surface area (Å²) in [4.78, 5) is 19.2. The number of amides is 1. The van der Waals surface area contributed by atoms with E-state index in [1.807, 2.05) is 0 Å². The third kappa shape index (κ3) is 2.98. The molecule has 92 valence electrons. The average molecular weight is 270 g/mol. The van der Waals surface area contributed by atoms with Crippen LogP contribution in [0.5, 0.6) is 0 Å². The van der Waals surface area contributed by atoms with Gasteiger partial charge in [0.15, 0.2) is 5.82 Å². The number of hydrogen-bond acceptors (Lipinski definition) is 3. The molecule has 2 rings (SSSR count). The fourth-order valence-electron chi connectivity index (χ4n) is 1.28. The van der Waals surface area contributed by atoms with E-state index in [0.29, 0.717) is 6.07 Å². The fraction of sp³-hybridized carbons (Fsp3) is 0. The van der Waals surface area contributed by atoms with Gasteiger partial charge in [0.2, 0.25) is 0 Å². The smallest absolute Gasteiger partial charge is 0.257 e. The second-order valence-corrected chi connectivity index (χ2v) is 3.73. The zero-order valence-electron chi connectivity index (χ0n) is 8.82. The number of carbonyl (C=O) groups is 1. The van der Waals surface area contributed by atoms with Crippen molar-refractivity contribution in [2.75, 3.05) is 5.32 Å². The third-order valence-electron chi connectivity index (χ3n) is 1.97. The largest absolute Gasteiger partial charge is 0.305 e. The number of nitrogens with one attached hydrogen (secondary N) is 1. The van der Waals surface area contributed by atoms with Crippen LogP contribution in [0.1, 0.15) is 10.4 Å². The van der Waals surface area contributed by atoms with Crippen LogP contribution in [0.4, 0.5) is 14.6 Å². The number of aromatic nitrogens is 2. The van der Waals surface area contributed by atoms with Crippen molar-refractivity contribution in [2.45, 2.75) is 0 Å². The molecule has 1 aromatic carbocycles.